The van der Waals surface area contributed by atoms with Gasteiger partial charge in [0.2, 0.25) is 5.82 Å². The van der Waals surface area contributed by atoms with Crippen LogP contribution in [0.3, 0.4) is 0 Å². The van der Waals surface area contributed by atoms with Crippen molar-refractivity contribution < 1.29 is 0 Å². The normalized spacial score (nSPS) is 11.1. The van der Waals surface area contributed by atoms with E-state index >= 15 is 0 Å². The summed E-state index contributed by atoms with van der Waals surface area (Å²) in [7, 11) is 0. The first kappa shape index (κ1) is 8.22. The summed E-state index contributed by atoms with van der Waals surface area (Å²) in [6.07, 6.45) is 5.14. The van der Waals surface area contributed by atoms with Gasteiger partial charge >= 0.3 is 0 Å². The van der Waals surface area contributed by atoms with Gasteiger partial charge in [-0.15, -0.1) is 6.42 Å². The monoisotopic (exact) mass is 166 g/mol. The van der Waals surface area contributed by atoms with E-state index in [2.05, 4.69) is 36.0 Å². The van der Waals surface area contributed by atoms with Gasteiger partial charge in [-0.25, -0.2) is 4.98 Å². The molecule has 0 N–H and O–H groups in total. The summed E-state index contributed by atoms with van der Waals surface area (Å²) >= 11 is 1.38. The van der Waals surface area contributed by atoms with Crippen molar-refractivity contribution >= 4 is 11.5 Å². The van der Waals surface area contributed by atoms with Gasteiger partial charge in [0, 0.05) is 5.41 Å². The van der Waals surface area contributed by atoms with Gasteiger partial charge in [-0.05, 0) is 17.5 Å². The van der Waals surface area contributed by atoms with Crippen LogP contribution in [0.2, 0.25) is 0 Å². The van der Waals surface area contributed by atoms with Gasteiger partial charge in [0.15, 0.2) is 0 Å². The second kappa shape index (κ2) is 2.63. The number of aromatic nitrogens is 2. The molecule has 0 aliphatic rings. The van der Waals surface area contributed by atoms with Crippen molar-refractivity contribution in [1.82, 2.24) is 9.36 Å². The quantitative estimate of drug-likeness (QED) is 0.549. The topological polar surface area (TPSA) is 25.8 Å². The molecule has 0 bridgehead atoms. The molecule has 0 amide bonds. The average Bonchev–Trinajstić information content (AvgIpc) is 2.32. The molecule has 0 aliphatic heterocycles. The van der Waals surface area contributed by atoms with Crippen LogP contribution in [-0.4, -0.2) is 9.36 Å². The van der Waals surface area contributed by atoms with Crippen LogP contribution in [0.15, 0.2) is 0 Å². The minimum Gasteiger partial charge on any atom is -0.212 e. The molecule has 3 heteroatoms. The van der Waals surface area contributed by atoms with E-state index in [4.69, 9.17) is 6.42 Å². The molecule has 11 heavy (non-hydrogen) atoms. The fraction of sp³-hybridized carbons (Fsp3) is 0.500. The van der Waals surface area contributed by atoms with Crippen molar-refractivity contribution in [1.29, 1.82) is 0 Å². The van der Waals surface area contributed by atoms with Gasteiger partial charge in [-0.1, -0.05) is 20.8 Å². The molecular weight excluding hydrogens is 156 g/mol. The summed E-state index contributed by atoms with van der Waals surface area (Å²) in [6, 6.07) is 0. The highest BCUT2D eigenvalue weighted by Gasteiger charge is 2.18. The molecule has 0 saturated heterocycles. The first-order valence-corrected chi connectivity index (χ1v) is 4.12. The first-order valence-electron chi connectivity index (χ1n) is 3.35. The molecule has 0 aliphatic carbocycles. The van der Waals surface area contributed by atoms with E-state index in [1.54, 1.807) is 0 Å². The van der Waals surface area contributed by atoms with E-state index in [-0.39, 0.29) is 5.41 Å². The smallest absolute Gasteiger partial charge is 0.212 e. The highest BCUT2D eigenvalue weighted by Crippen LogP contribution is 2.22. The second-order valence-corrected chi connectivity index (χ2v) is 4.07. The molecule has 1 heterocycles. The fourth-order valence-corrected chi connectivity index (χ4v) is 1.25. The number of hydrogen-bond donors (Lipinski definition) is 0. The van der Waals surface area contributed by atoms with Crippen molar-refractivity contribution in [3.05, 3.63) is 10.8 Å². The van der Waals surface area contributed by atoms with Crippen LogP contribution in [0.1, 0.15) is 31.6 Å². The van der Waals surface area contributed by atoms with E-state index in [1.165, 1.54) is 11.5 Å². The van der Waals surface area contributed by atoms with Crippen LogP contribution in [0, 0.1) is 12.3 Å². The van der Waals surface area contributed by atoms with Crippen LogP contribution in [0.25, 0.3) is 0 Å². The predicted octanol–water partition coefficient (Wildman–Crippen LogP) is 1.82. The largest absolute Gasteiger partial charge is 0.216 e. The molecule has 1 aromatic heterocycles. The maximum absolute atomic E-state index is 5.14. The Hall–Kier alpha value is -0.880. The number of rotatable bonds is 0. The predicted molar refractivity (Wildman–Crippen MR) is 46.5 cm³/mol. The van der Waals surface area contributed by atoms with Crippen LogP contribution in [-0.2, 0) is 5.41 Å². The zero-order valence-corrected chi connectivity index (χ0v) is 7.70. The molecular formula is C8H10N2S. The zero-order chi connectivity index (χ0) is 8.48. The lowest BCUT2D eigenvalue weighted by Gasteiger charge is -2.12. The molecule has 0 radical (unpaired) electrons. The number of hydrogen-bond acceptors (Lipinski definition) is 3. The summed E-state index contributed by atoms with van der Waals surface area (Å²) in [5.74, 6) is 2.91. The van der Waals surface area contributed by atoms with E-state index in [1.807, 2.05) is 0 Å². The Morgan fingerprint density at radius 2 is 2.09 bits per heavy atom. The van der Waals surface area contributed by atoms with Gasteiger partial charge in [-0.2, -0.15) is 4.37 Å². The number of nitrogens with zero attached hydrogens (tertiary/aromatic N) is 2. The maximum atomic E-state index is 5.14. The molecule has 1 aromatic rings. The SMILES string of the molecule is C#Cc1nsc(C(C)(C)C)n1. The van der Waals surface area contributed by atoms with Crippen LogP contribution in [0.4, 0.5) is 0 Å². The number of terminal acetylenes is 1. The minimum absolute atomic E-state index is 0.0623. The van der Waals surface area contributed by atoms with E-state index in [9.17, 15) is 0 Å². The summed E-state index contributed by atoms with van der Waals surface area (Å²) < 4.78 is 4.00. The van der Waals surface area contributed by atoms with E-state index in [0.29, 0.717) is 5.82 Å². The Kier molecular flexibility index (Phi) is 1.97. The molecule has 1 rings (SSSR count). The lowest BCUT2D eigenvalue weighted by atomic mass is 9.98. The molecule has 0 unspecified atom stereocenters. The molecule has 58 valence electrons. The maximum Gasteiger partial charge on any atom is 0.216 e. The van der Waals surface area contributed by atoms with E-state index in [0.717, 1.165) is 5.01 Å². The van der Waals surface area contributed by atoms with Crippen molar-refractivity contribution in [2.45, 2.75) is 26.2 Å². The summed E-state index contributed by atoms with van der Waals surface area (Å²) in [4.78, 5) is 4.17. The van der Waals surface area contributed by atoms with Gasteiger partial charge in [0.1, 0.15) is 5.01 Å². The van der Waals surface area contributed by atoms with Gasteiger partial charge in [0.05, 0.1) is 0 Å². The van der Waals surface area contributed by atoms with Crippen LogP contribution < -0.4 is 0 Å². The molecule has 2 nitrogen and oxygen atoms in total. The van der Waals surface area contributed by atoms with Crippen molar-refractivity contribution in [2.75, 3.05) is 0 Å². The lowest BCUT2D eigenvalue weighted by Crippen LogP contribution is -2.10. The molecule has 0 aromatic carbocycles. The van der Waals surface area contributed by atoms with Crippen LogP contribution >= 0.6 is 11.5 Å². The minimum atomic E-state index is 0.0623. The third-order valence-electron chi connectivity index (χ3n) is 1.20. The Bertz CT molecular complexity index is 288. The van der Waals surface area contributed by atoms with Gasteiger partial charge in [-0.3, -0.25) is 0 Å². The highest BCUT2D eigenvalue weighted by molar-refractivity contribution is 7.05. The Morgan fingerprint density at radius 3 is 2.36 bits per heavy atom. The second-order valence-electron chi connectivity index (χ2n) is 3.32. The summed E-state index contributed by atoms with van der Waals surface area (Å²) in [5, 5.41) is 0.991. The summed E-state index contributed by atoms with van der Waals surface area (Å²) in [5.41, 5.74) is 0.0623. The third-order valence-corrected chi connectivity index (χ3v) is 2.34. The zero-order valence-electron chi connectivity index (χ0n) is 6.88. The molecule has 0 atom stereocenters. The first-order chi connectivity index (χ1) is 5.04. The van der Waals surface area contributed by atoms with Crippen molar-refractivity contribution in [3.63, 3.8) is 0 Å². The highest BCUT2D eigenvalue weighted by atomic mass is 32.1. The fourth-order valence-electron chi connectivity index (χ4n) is 0.587. The molecule has 0 fully saturated rings. The van der Waals surface area contributed by atoms with E-state index < -0.39 is 0 Å². The Balaban J connectivity index is 3.01. The van der Waals surface area contributed by atoms with Gasteiger partial charge in [0.25, 0.3) is 0 Å². The van der Waals surface area contributed by atoms with Crippen molar-refractivity contribution in [2.24, 2.45) is 0 Å². The third kappa shape index (κ3) is 1.78. The Morgan fingerprint density at radius 1 is 1.45 bits per heavy atom. The van der Waals surface area contributed by atoms with Gasteiger partial charge < -0.3 is 0 Å². The average molecular weight is 166 g/mol. The van der Waals surface area contributed by atoms with Crippen molar-refractivity contribution in [3.8, 4) is 12.3 Å². The summed E-state index contributed by atoms with van der Waals surface area (Å²) in [6.45, 7) is 6.27. The standard InChI is InChI=1S/C8H10N2S/c1-5-6-9-7(11-10-6)8(2,3)4/h1H,2-4H3. The molecule has 0 saturated carbocycles. The van der Waals surface area contributed by atoms with Crippen LogP contribution in [0.5, 0.6) is 0 Å². The molecule has 0 spiro atoms. The lowest BCUT2D eigenvalue weighted by molar-refractivity contribution is 0.585. The Labute approximate surface area is 70.8 Å².